The molecule has 0 aromatic carbocycles. The summed E-state index contributed by atoms with van der Waals surface area (Å²) in [6.07, 6.45) is 34.6. The van der Waals surface area contributed by atoms with E-state index < -0.39 is 44.7 Å². The van der Waals surface area contributed by atoms with Gasteiger partial charge in [0.15, 0.2) is 6.10 Å². The molecule has 0 aliphatic carbocycles. The summed E-state index contributed by atoms with van der Waals surface area (Å²) >= 11 is 0. The molecular weight excluding hydrogens is 683 g/mol. The van der Waals surface area contributed by atoms with Gasteiger partial charge < -0.3 is 29.5 Å². The second-order valence-corrected chi connectivity index (χ2v) is 15.2. The molecule has 0 heterocycles. The molecule has 0 fully saturated rings. The Bertz CT molecular complexity index is 977. The van der Waals surface area contributed by atoms with Gasteiger partial charge in [-0.1, -0.05) is 153 Å². The summed E-state index contributed by atoms with van der Waals surface area (Å²) in [6.45, 7) is 3.41. The third-order valence-electron chi connectivity index (χ3n) is 8.86. The van der Waals surface area contributed by atoms with Crippen LogP contribution < -0.4 is 0 Å². The highest BCUT2D eigenvalue weighted by Gasteiger charge is 2.23. The molecule has 0 rings (SSSR count). The number of unbranched alkanes of at least 4 members (excludes halogenated alkanes) is 17. The molecule has 304 valence electrons. The SMILES string of the molecule is CCCCC/C=C\C/C=C\C/C=C\CC(O)C(O)CCCC(=O)O[C@H](COC(=O)CCCCCCCCCCCCCCCCC)COP(=O)(O)O. The van der Waals surface area contributed by atoms with Gasteiger partial charge in [-0.2, -0.15) is 0 Å². The van der Waals surface area contributed by atoms with Crippen molar-refractivity contribution in [1.82, 2.24) is 0 Å². The Kier molecular flexibility index (Phi) is 34.9. The van der Waals surface area contributed by atoms with Crippen LogP contribution in [0.1, 0.15) is 181 Å². The fourth-order valence-corrected chi connectivity index (χ4v) is 6.01. The van der Waals surface area contributed by atoms with Crippen molar-refractivity contribution in [1.29, 1.82) is 0 Å². The van der Waals surface area contributed by atoms with Gasteiger partial charge in [-0.3, -0.25) is 14.1 Å². The van der Waals surface area contributed by atoms with Gasteiger partial charge in [0.2, 0.25) is 0 Å². The predicted molar refractivity (Wildman–Crippen MR) is 210 cm³/mol. The number of rotatable bonds is 37. The molecule has 0 bridgehead atoms. The molecule has 0 amide bonds. The Morgan fingerprint density at radius 3 is 1.62 bits per heavy atom. The van der Waals surface area contributed by atoms with Crippen LogP contribution in [-0.2, 0) is 28.2 Å². The van der Waals surface area contributed by atoms with E-state index in [4.69, 9.17) is 19.3 Å². The second-order valence-electron chi connectivity index (χ2n) is 13.9. The average molecular weight is 759 g/mol. The maximum Gasteiger partial charge on any atom is 0.469 e. The molecule has 0 aliphatic rings. The first-order valence-corrected chi connectivity index (χ1v) is 22.0. The summed E-state index contributed by atoms with van der Waals surface area (Å²) in [5.41, 5.74) is 0. The molecule has 3 atom stereocenters. The zero-order valence-corrected chi connectivity index (χ0v) is 33.6. The van der Waals surface area contributed by atoms with Crippen molar-refractivity contribution >= 4 is 19.8 Å². The maximum absolute atomic E-state index is 12.4. The minimum Gasteiger partial charge on any atom is -0.462 e. The molecule has 0 radical (unpaired) electrons. The van der Waals surface area contributed by atoms with E-state index in [1.165, 1.54) is 89.9 Å². The molecule has 0 saturated carbocycles. The number of phosphoric ester groups is 1. The Hall–Kier alpha value is -1.81. The van der Waals surface area contributed by atoms with Crippen molar-refractivity contribution in [2.45, 2.75) is 199 Å². The van der Waals surface area contributed by atoms with Gasteiger partial charge in [-0.15, -0.1) is 0 Å². The monoisotopic (exact) mass is 759 g/mol. The van der Waals surface area contributed by atoms with Crippen LogP contribution in [0.15, 0.2) is 36.5 Å². The summed E-state index contributed by atoms with van der Waals surface area (Å²) in [5.74, 6) is -1.17. The summed E-state index contributed by atoms with van der Waals surface area (Å²) in [4.78, 5) is 42.8. The number of phosphoric acid groups is 1. The summed E-state index contributed by atoms with van der Waals surface area (Å²) in [5, 5.41) is 20.5. The van der Waals surface area contributed by atoms with Crippen LogP contribution in [0, 0.1) is 0 Å². The standard InChI is InChI=1S/C41H75O10P/c1-3-5-7-9-11-13-15-17-18-19-21-23-25-27-29-33-40(44)49-35-37(36-50-52(46,47)48)51-41(45)34-30-32-39(43)38(42)31-28-26-24-22-20-16-14-12-10-8-6-4-2/h12,14,20,22,26,28,37-39,42-43H,3-11,13,15-19,21,23-25,27,29-36H2,1-2H3,(H2,46,47,48)/b14-12-,22-20-,28-26-/t37-,38?,39?/m1/s1. The van der Waals surface area contributed by atoms with Crippen LogP contribution >= 0.6 is 7.82 Å². The summed E-state index contributed by atoms with van der Waals surface area (Å²) < 4.78 is 26.2. The highest BCUT2D eigenvalue weighted by molar-refractivity contribution is 7.46. The van der Waals surface area contributed by atoms with Gasteiger partial charge >= 0.3 is 19.8 Å². The number of aliphatic hydroxyl groups is 2. The van der Waals surface area contributed by atoms with Crippen molar-refractivity contribution in [2.24, 2.45) is 0 Å². The van der Waals surface area contributed by atoms with Gasteiger partial charge in [0, 0.05) is 12.8 Å². The van der Waals surface area contributed by atoms with E-state index >= 15 is 0 Å². The number of esters is 2. The first kappa shape index (κ1) is 50.2. The van der Waals surface area contributed by atoms with Crippen LogP contribution in [0.2, 0.25) is 0 Å². The van der Waals surface area contributed by atoms with Gasteiger partial charge in [-0.05, 0) is 51.4 Å². The molecule has 0 aromatic heterocycles. The summed E-state index contributed by atoms with van der Waals surface area (Å²) in [7, 11) is -4.83. The highest BCUT2D eigenvalue weighted by Crippen LogP contribution is 2.36. The molecule has 0 spiro atoms. The largest absolute Gasteiger partial charge is 0.469 e. The van der Waals surface area contributed by atoms with Crippen LogP contribution in [0.4, 0.5) is 0 Å². The first-order chi connectivity index (χ1) is 25.1. The molecule has 0 saturated heterocycles. The van der Waals surface area contributed by atoms with E-state index in [0.29, 0.717) is 6.42 Å². The molecule has 4 N–H and O–H groups in total. The molecule has 0 aromatic rings. The number of carbonyl (C=O) groups excluding carboxylic acids is 2. The smallest absolute Gasteiger partial charge is 0.462 e. The molecule has 2 unspecified atom stereocenters. The van der Waals surface area contributed by atoms with Crippen LogP contribution in [0.5, 0.6) is 0 Å². The third-order valence-corrected chi connectivity index (χ3v) is 9.35. The van der Waals surface area contributed by atoms with Crippen molar-refractivity contribution in [2.75, 3.05) is 13.2 Å². The number of carbonyl (C=O) groups is 2. The minimum absolute atomic E-state index is 0.100. The van der Waals surface area contributed by atoms with Crippen molar-refractivity contribution < 1.29 is 48.2 Å². The maximum atomic E-state index is 12.4. The second kappa shape index (κ2) is 36.2. The van der Waals surface area contributed by atoms with E-state index in [-0.39, 0.29) is 38.7 Å². The van der Waals surface area contributed by atoms with Crippen LogP contribution in [0.3, 0.4) is 0 Å². The Morgan fingerprint density at radius 2 is 1.06 bits per heavy atom. The van der Waals surface area contributed by atoms with E-state index in [2.05, 4.69) is 42.7 Å². The topological polar surface area (TPSA) is 160 Å². The van der Waals surface area contributed by atoms with Gasteiger partial charge in [-0.25, -0.2) is 4.57 Å². The van der Waals surface area contributed by atoms with Crippen LogP contribution in [0.25, 0.3) is 0 Å². The van der Waals surface area contributed by atoms with E-state index in [9.17, 15) is 24.4 Å². The van der Waals surface area contributed by atoms with E-state index in [0.717, 1.165) is 38.5 Å². The number of ether oxygens (including phenoxy) is 2. The van der Waals surface area contributed by atoms with Crippen LogP contribution in [-0.4, -0.2) is 63.5 Å². The fraction of sp³-hybridized carbons (Fsp3) is 0.805. The van der Waals surface area contributed by atoms with Gasteiger partial charge in [0.1, 0.15) is 6.61 Å². The number of allylic oxidation sites excluding steroid dienone is 5. The Balaban J connectivity index is 4.18. The lowest BCUT2D eigenvalue weighted by Gasteiger charge is -2.19. The number of hydrogen-bond donors (Lipinski definition) is 4. The molecular formula is C41H75O10P. The molecule has 11 heteroatoms. The summed E-state index contributed by atoms with van der Waals surface area (Å²) in [6, 6.07) is 0. The van der Waals surface area contributed by atoms with Gasteiger partial charge in [0.05, 0.1) is 18.8 Å². The van der Waals surface area contributed by atoms with Crippen molar-refractivity contribution in [3.63, 3.8) is 0 Å². The zero-order valence-electron chi connectivity index (χ0n) is 32.7. The lowest BCUT2D eigenvalue weighted by molar-refractivity contribution is -0.161. The third kappa shape index (κ3) is 36.5. The normalized spacial score (nSPS) is 14.0. The van der Waals surface area contributed by atoms with E-state index in [1.54, 1.807) is 0 Å². The highest BCUT2D eigenvalue weighted by atomic mass is 31.2. The Morgan fingerprint density at radius 1 is 0.577 bits per heavy atom. The molecule has 52 heavy (non-hydrogen) atoms. The number of hydrogen-bond acceptors (Lipinski definition) is 8. The lowest BCUT2D eigenvalue weighted by atomic mass is 10.0. The first-order valence-electron chi connectivity index (χ1n) is 20.4. The molecule has 10 nitrogen and oxygen atoms in total. The minimum atomic E-state index is -4.83. The Labute approximate surface area is 316 Å². The fourth-order valence-electron chi connectivity index (χ4n) is 5.65. The average Bonchev–Trinajstić information content (AvgIpc) is 3.11. The van der Waals surface area contributed by atoms with Crippen molar-refractivity contribution in [3.8, 4) is 0 Å². The zero-order chi connectivity index (χ0) is 38.5. The molecule has 0 aliphatic heterocycles. The van der Waals surface area contributed by atoms with Crippen molar-refractivity contribution in [3.05, 3.63) is 36.5 Å². The van der Waals surface area contributed by atoms with E-state index in [1.807, 2.05) is 12.2 Å². The van der Waals surface area contributed by atoms with Gasteiger partial charge in [0.25, 0.3) is 0 Å². The number of aliphatic hydroxyl groups excluding tert-OH is 2. The lowest BCUT2D eigenvalue weighted by Crippen LogP contribution is -2.30. The predicted octanol–water partition coefficient (Wildman–Crippen LogP) is 10.1. The quantitative estimate of drug-likeness (QED) is 0.0208.